The molecule has 3 fully saturated rings. The van der Waals surface area contributed by atoms with E-state index in [9.17, 15) is 9.59 Å². The molecule has 0 amide bonds. The van der Waals surface area contributed by atoms with Crippen LogP contribution in [0, 0.1) is 17.8 Å². The number of hydrogen-bond donors (Lipinski definition) is 0. The molecule has 7 heteroatoms. The Morgan fingerprint density at radius 1 is 0.947 bits per heavy atom. The summed E-state index contributed by atoms with van der Waals surface area (Å²) in [7, 11) is 0. The molecule has 2 aromatic rings. The molecule has 2 aromatic carbocycles. The number of ether oxygens (including phenoxy) is 4. The molecule has 1 aliphatic heterocycles. The van der Waals surface area contributed by atoms with E-state index in [1.54, 1.807) is 0 Å². The number of esters is 2. The van der Waals surface area contributed by atoms with Gasteiger partial charge in [-0.1, -0.05) is 49.7 Å². The molecule has 2 aliphatic carbocycles. The normalized spacial score (nSPS) is 31.8. The minimum atomic E-state index is -0.763. The van der Waals surface area contributed by atoms with Crippen molar-refractivity contribution in [2.45, 2.75) is 90.3 Å². The van der Waals surface area contributed by atoms with E-state index in [-0.39, 0.29) is 12.0 Å². The molecular weight excluding hydrogens is 504 g/mol. The Labute approximate surface area is 229 Å². The maximum absolute atomic E-state index is 12.0. The zero-order valence-electron chi connectivity index (χ0n) is 22.5. The van der Waals surface area contributed by atoms with Crippen LogP contribution in [0.25, 0.3) is 0 Å². The number of fused-ring (bicyclic) bond motifs is 1. The zero-order chi connectivity index (χ0) is 27.0. The molecule has 0 bridgehead atoms. The summed E-state index contributed by atoms with van der Waals surface area (Å²) in [5.41, 5.74) is 2.89. The average Bonchev–Trinajstić information content (AvgIpc) is 3.49. The molecule has 1 heterocycles. The van der Waals surface area contributed by atoms with Crippen LogP contribution in [0.15, 0.2) is 42.5 Å². The Bertz CT molecular complexity index is 1150. The van der Waals surface area contributed by atoms with Crippen molar-refractivity contribution in [2.75, 3.05) is 0 Å². The molecule has 0 radical (unpaired) electrons. The van der Waals surface area contributed by atoms with Gasteiger partial charge in [-0.05, 0) is 78.8 Å². The van der Waals surface area contributed by atoms with Crippen LogP contribution in [-0.2, 0) is 30.2 Å². The van der Waals surface area contributed by atoms with Crippen molar-refractivity contribution in [3.05, 3.63) is 64.2 Å². The van der Waals surface area contributed by atoms with Crippen LogP contribution in [0.4, 0.5) is 0 Å². The third kappa shape index (κ3) is 6.02. The first-order valence-electron chi connectivity index (χ1n) is 13.8. The summed E-state index contributed by atoms with van der Waals surface area (Å²) in [4.78, 5) is 24.0. The van der Waals surface area contributed by atoms with Gasteiger partial charge in [-0.25, -0.2) is 0 Å². The van der Waals surface area contributed by atoms with Gasteiger partial charge in [-0.3, -0.25) is 9.59 Å². The first kappa shape index (κ1) is 27.0. The van der Waals surface area contributed by atoms with Crippen LogP contribution in [0.2, 0.25) is 5.02 Å². The summed E-state index contributed by atoms with van der Waals surface area (Å²) in [6.07, 6.45) is 3.34. The molecule has 0 aromatic heterocycles. The van der Waals surface area contributed by atoms with Crippen molar-refractivity contribution >= 4 is 23.5 Å². The Balaban J connectivity index is 1.35. The van der Waals surface area contributed by atoms with Crippen molar-refractivity contribution in [1.82, 2.24) is 0 Å². The third-order valence-electron chi connectivity index (χ3n) is 8.27. The lowest BCUT2D eigenvalue weighted by Gasteiger charge is -2.44. The van der Waals surface area contributed by atoms with Crippen LogP contribution in [0.3, 0.4) is 0 Å². The van der Waals surface area contributed by atoms with Crippen LogP contribution in [0.5, 0.6) is 5.75 Å². The predicted molar refractivity (Wildman–Crippen MR) is 144 cm³/mol. The van der Waals surface area contributed by atoms with Gasteiger partial charge in [0.05, 0.1) is 12.2 Å². The molecule has 0 spiro atoms. The van der Waals surface area contributed by atoms with Crippen molar-refractivity contribution in [1.29, 1.82) is 0 Å². The van der Waals surface area contributed by atoms with E-state index in [1.807, 2.05) is 44.2 Å². The fourth-order valence-electron chi connectivity index (χ4n) is 6.26. The van der Waals surface area contributed by atoms with Crippen molar-refractivity contribution < 1.29 is 28.5 Å². The summed E-state index contributed by atoms with van der Waals surface area (Å²) in [5, 5.41) is 0.649. The van der Waals surface area contributed by atoms with Gasteiger partial charge in [-0.2, -0.15) is 0 Å². The van der Waals surface area contributed by atoms with E-state index in [1.165, 1.54) is 33.1 Å². The lowest BCUT2D eigenvalue weighted by Crippen LogP contribution is -2.52. The zero-order valence-corrected chi connectivity index (χ0v) is 23.3. The average molecular weight is 541 g/mol. The highest BCUT2D eigenvalue weighted by Gasteiger charge is 2.48. The van der Waals surface area contributed by atoms with Crippen molar-refractivity contribution in [2.24, 2.45) is 17.8 Å². The van der Waals surface area contributed by atoms with E-state index in [0.717, 1.165) is 40.7 Å². The second-order valence-electron chi connectivity index (χ2n) is 11.1. The lowest BCUT2D eigenvalue weighted by atomic mass is 9.84. The van der Waals surface area contributed by atoms with Crippen molar-refractivity contribution in [3.8, 4) is 5.75 Å². The van der Waals surface area contributed by atoms with Gasteiger partial charge >= 0.3 is 11.9 Å². The van der Waals surface area contributed by atoms with Gasteiger partial charge in [0.1, 0.15) is 18.0 Å². The molecule has 2 saturated carbocycles. The third-order valence-corrected chi connectivity index (χ3v) is 8.64. The van der Waals surface area contributed by atoms with Gasteiger partial charge in [0.2, 0.25) is 0 Å². The quantitative estimate of drug-likeness (QED) is 0.358. The molecular formula is C31H37ClO6. The minimum absolute atomic E-state index is 0.132. The first-order valence-corrected chi connectivity index (χ1v) is 14.1. The number of benzene rings is 2. The highest BCUT2D eigenvalue weighted by molar-refractivity contribution is 6.31. The maximum Gasteiger partial charge on any atom is 0.303 e. The van der Waals surface area contributed by atoms with Crippen LogP contribution < -0.4 is 4.74 Å². The second kappa shape index (κ2) is 11.3. The van der Waals surface area contributed by atoms with Crippen LogP contribution >= 0.6 is 11.6 Å². The Hall–Kier alpha value is -2.57. The first-order chi connectivity index (χ1) is 18.2. The number of carbonyl (C=O) groups is 2. The Kier molecular flexibility index (Phi) is 8.01. The number of rotatable bonds is 8. The highest BCUT2D eigenvalue weighted by atomic mass is 35.5. The summed E-state index contributed by atoms with van der Waals surface area (Å²) < 4.78 is 24.1. The summed E-state index contributed by atoms with van der Waals surface area (Å²) in [6.45, 7) is 6.72. The minimum Gasteiger partial charge on any atom is -0.490 e. The SMILES string of the molecule is CC[C@H]1O[C@H](c2ccc(Cl)c(Cc3ccc(OC4C[C@@H]5C[C@@H]5C4)cc3)c2)[C@H](OC(C)=O)[C@@H](OC(C)=O)[C@@H]1C. The van der Waals surface area contributed by atoms with Crippen LogP contribution in [0.1, 0.15) is 76.2 Å². The summed E-state index contributed by atoms with van der Waals surface area (Å²) in [5.74, 6) is 1.70. The Morgan fingerprint density at radius 3 is 2.24 bits per heavy atom. The number of carbonyl (C=O) groups excluding carboxylic acids is 2. The van der Waals surface area contributed by atoms with Gasteiger partial charge < -0.3 is 18.9 Å². The maximum atomic E-state index is 12.0. The monoisotopic (exact) mass is 540 g/mol. The fraction of sp³-hybridized carbons (Fsp3) is 0.548. The van der Waals surface area contributed by atoms with E-state index < -0.39 is 30.3 Å². The standard InChI is InChI=1S/C31H37ClO6/c1-5-28-17(2)29(35-18(3)33)31(36-19(4)34)30(38-28)21-8-11-27(32)24(13-21)12-20-6-9-25(10-7-20)37-26-15-22-14-23(22)16-26/h6-11,13,17,22-23,26,28-31H,5,12,14-16H2,1-4H3/t17-,22-,23+,26?,28-,29+,30-,31-/m1/s1. The summed E-state index contributed by atoms with van der Waals surface area (Å²) in [6, 6.07) is 14.0. The molecule has 8 atom stereocenters. The number of halogens is 1. The predicted octanol–water partition coefficient (Wildman–Crippen LogP) is 6.46. The van der Waals surface area contributed by atoms with Crippen LogP contribution in [-0.4, -0.2) is 36.4 Å². The number of hydrogen-bond acceptors (Lipinski definition) is 6. The van der Waals surface area contributed by atoms with Gasteiger partial charge in [0.15, 0.2) is 6.10 Å². The topological polar surface area (TPSA) is 71.1 Å². The van der Waals surface area contributed by atoms with Gasteiger partial charge in [0.25, 0.3) is 0 Å². The molecule has 1 saturated heterocycles. The van der Waals surface area contributed by atoms with E-state index in [4.69, 9.17) is 30.5 Å². The summed E-state index contributed by atoms with van der Waals surface area (Å²) >= 11 is 6.62. The molecule has 38 heavy (non-hydrogen) atoms. The largest absolute Gasteiger partial charge is 0.490 e. The smallest absolute Gasteiger partial charge is 0.303 e. The van der Waals surface area contributed by atoms with E-state index in [2.05, 4.69) is 12.1 Å². The van der Waals surface area contributed by atoms with Gasteiger partial charge in [-0.15, -0.1) is 0 Å². The molecule has 5 rings (SSSR count). The fourth-order valence-corrected chi connectivity index (χ4v) is 6.44. The Morgan fingerprint density at radius 2 is 1.61 bits per heavy atom. The molecule has 0 N–H and O–H groups in total. The van der Waals surface area contributed by atoms with Gasteiger partial charge in [0, 0.05) is 24.8 Å². The van der Waals surface area contributed by atoms with E-state index in [0.29, 0.717) is 17.5 Å². The highest BCUT2D eigenvalue weighted by Crippen LogP contribution is 2.52. The molecule has 6 nitrogen and oxygen atoms in total. The molecule has 1 unspecified atom stereocenters. The lowest BCUT2D eigenvalue weighted by molar-refractivity contribution is -0.225. The van der Waals surface area contributed by atoms with Crippen molar-refractivity contribution in [3.63, 3.8) is 0 Å². The molecule has 3 aliphatic rings. The molecule has 204 valence electrons. The second-order valence-corrected chi connectivity index (χ2v) is 11.6. The van der Waals surface area contributed by atoms with E-state index >= 15 is 0 Å².